The molecule has 0 bridgehead atoms. The number of carbonyl (C=O) groups is 1. The van der Waals surface area contributed by atoms with Crippen molar-refractivity contribution in [2.24, 2.45) is 5.92 Å². The highest BCUT2D eigenvalue weighted by atomic mass is 35.5. The Morgan fingerprint density at radius 2 is 2.38 bits per heavy atom. The summed E-state index contributed by atoms with van der Waals surface area (Å²) in [5.41, 5.74) is 0. The molecule has 1 aromatic heterocycles. The van der Waals surface area contributed by atoms with E-state index in [0.717, 1.165) is 13.1 Å². The Morgan fingerprint density at radius 3 is 2.94 bits per heavy atom. The predicted molar refractivity (Wildman–Crippen MR) is 63.0 cm³/mol. The average molecular weight is 244 g/mol. The Kier molecular flexibility index (Phi) is 4.52. The van der Waals surface area contributed by atoms with Gasteiger partial charge in [0.1, 0.15) is 0 Å². The van der Waals surface area contributed by atoms with E-state index in [2.05, 4.69) is 15.6 Å². The van der Waals surface area contributed by atoms with Gasteiger partial charge < -0.3 is 15.4 Å². The maximum atomic E-state index is 11.6. The first kappa shape index (κ1) is 12.7. The molecule has 0 aliphatic carbocycles. The van der Waals surface area contributed by atoms with Crippen LogP contribution in [0.5, 0.6) is 5.75 Å². The van der Waals surface area contributed by atoms with Crippen LogP contribution >= 0.6 is 12.4 Å². The molecular formula is C10H14ClN3O2. The van der Waals surface area contributed by atoms with Crippen LogP contribution in [0.25, 0.3) is 0 Å². The van der Waals surface area contributed by atoms with Gasteiger partial charge in [0.05, 0.1) is 13.0 Å². The summed E-state index contributed by atoms with van der Waals surface area (Å²) in [6, 6.07) is 3.53. The standard InChI is InChI=1S/C10H13N3O2.ClH/c1-15-8-3-2-4-12-9(8)13-10(14)7-5-11-6-7;/h2-4,7,11H,5-6H2,1H3,(H,12,13,14);1H. The summed E-state index contributed by atoms with van der Waals surface area (Å²) in [6.07, 6.45) is 1.62. The number of anilines is 1. The van der Waals surface area contributed by atoms with E-state index in [4.69, 9.17) is 4.74 Å². The number of methoxy groups -OCH3 is 1. The van der Waals surface area contributed by atoms with Crippen molar-refractivity contribution >= 4 is 24.1 Å². The minimum Gasteiger partial charge on any atom is -0.493 e. The van der Waals surface area contributed by atoms with Crippen LogP contribution in [0.3, 0.4) is 0 Å². The molecule has 1 amide bonds. The lowest BCUT2D eigenvalue weighted by atomic mass is 10.0. The van der Waals surface area contributed by atoms with Crippen molar-refractivity contribution in [1.82, 2.24) is 10.3 Å². The summed E-state index contributed by atoms with van der Waals surface area (Å²) >= 11 is 0. The van der Waals surface area contributed by atoms with Crippen molar-refractivity contribution in [3.63, 3.8) is 0 Å². The van der Waals surface area contributed by atoms with E-state index in [1.807, 2.05) is 0 Å². The second kappa shape index (κ2) is 5.67. The number of amides is 1. The van der Waals surface area contributed by atoms with Gasteiger partial charge in [0.15, 0.2) is 11.6 Å². The minimum absolute atomic E-state index is 0. The maximum Gasteiger partial charge on any atom is 0.231 e. The summed E-state index contributed by atoms with van der Waals surface area (Å²) in [4.78, 5) is 15.7. The van der Waals surface area contributed by atoms with E-state index in [0.29, 0.717) is 11.6 Å². The van der Waals surface area contributed by atoms with Crippen LogP contribution in [0.2, 0.25) is 0 Å². The molecule has 1 aliphatic heterocycles. The van der Waals surface area contributed by atoms with E-state index in [-0.39, 0.29) is 24.2 Å². The molecule has 0 radical (unpaired) electrons. The molecule has 2 N–H and O–H groups in total. The summed E-state index contributed by atoms with van der Waals surface area (Å²) in [5, 5.41) is 5.79. The second-order valence-electron chi connectivity index (χ2n) is 3.40. The number of nitrogens with one attached hydrogen (secondary N) is 2. The van der Waals surface area contributed by atoms with Crippen molar-refractivity contribution in [1.29, 1.82) is 0 Å². The summed E-state index contributed by atoms with van der Waals surface area (Å²) in [5.74, 6) is 1.11. The van der Waals surface area contributed by atoms with Crippen LogP contribution < -0.4 is 15.4 Å². The zero-order chi connectivity index (χ0) is 10.7. The highest BCUT2D eigenvalue weighted by Gasteiger charge is 2.25. The largest absolute Gasteiger partial charge is 0.493 e. The van der Waals surface area contributed by atoms with Crippen molar-refractivity contribution in [2.45, 2.75) is 0 Å². The molecule has 2 heterocycles. The third kappa shape index (κ3) is 2.62. The molecule has 2 rings (SSSR count). The highest BCUT2D eigenvalue weighted by molar-refractivity contribution is 5.93. The SMILES string of the molecule is COc1cccnc1NC(=O)C1CNC1.Cl. The van der Waals surface area contributed by atoms with Crippen LogP contribution in [-0.2, 0) is 4.79 Å². The third-order valence-corrected chi connectivity index (χ3v) is 2.38. The zero-order valence-electron chi connectivity index (χ0n) is 8.90. The number of halogens is 1. The lowest BCUT2D eigenvalue weighted by Crippen LogP contribution is -2.48. The average Bonchev–Trinajstić information content (AvgIpc) is 2.15. The molecular weight excluding hydrogens is 230 g/mol. The Bertz CT molecular complexity index is 369. The van der Waals surface area contributed by atoms with E-state index >= 15 is 0 Å². The number of nitrogens with zero attached hydrogens (tertiary/aromatic N) is 1. The molecule has 1 fully saturated rings. The Morgan fingerprint density at radius 1 is 1.62 bits per heavy atom. The van der Waals surface area contributed by atoms with Crippen molar-refractivity contribution in [3.8, 4) is 5.75 Å². The first-order chi connectivity index (χ1) is 7.31. The molecule has 16 heavy (non-hydrogen) atoms. The van der Waals surface area contributed by atoms with Crippen molar-refractivity contribution in [2.75, 3.05) is 25.5 Å². The quantitative estimate of drug-likeness (QED) is 0.819. The van der Waals surface area contributed by atoms with Gasteiger partial charge in [-0.15, -0.1) is 12.4 Å². The Labute approximate surface area is 100.0 Å². The number of ether oxygens (including phenoxy) is 1. The minimum atomic E-state index is -0.00856. The summed E-state index contributed by atoms with van der Waals surface area (Å²) < 4.78 is 5.08. The number of pyridine rings is 1. The maximum absolute atomic E-state index is 11.6. The number of hydrogen-bond acceptors (Lipinski definition) is 4. The number of rotatable bonds is 3. The number of aromatic nitrogens is 1. The molecule has 6 heteroatoms. The summed E-state index contributed by atoms with van der Waals surface area (Å²) in [7, 11) is 1.55. The van der Waals surface area contributed by atoms with Crippen LogP contribution in [0.15, 0.2) is 18.3 Å². The van der Waals surface area contributed by atoms with Gasteiger partial charge in [0.25, 0.3) is 0 Å². The summed E-state index contributed by atoms with van der Waals surface area (Å²) in [6.45, 7) is 1.47. The molecule has 1 aromatic rings. The van der Waals surface area contributed by atoms with Gasteiger partial charge in [-0.25, -0.2) is 4.98 Å². The van der Waals surface area contributed by atoms with Gasteiger partial charge in [-0.3, -0.25) is 4.79 Å². The molecule has 0 unspecified atom stereocenters. The second-order valence-corrected chi connectivity index (χ2v) is 3.40. The first-order valence-electron chi connectivity index (χ1n) is 4.82. The fourth-order valence-electron chi connectivity index (χ4n) is 1.34. The zero-order valence-corrected chi connectivity index (χ0v) is 9.71. The molecule has 5 nitrogen and oxygen atoms in total. The fraction of sp³-hybridized carbons (Fsp3) is 0.400. The van der Waals surface area contributed by atoms with E-state index in [9.17, 15) is 4.79 Å². The van der Waals surface area contributed by atoms with Crippen LogP contribution in [0.1, 0.15) is 0 Å². The first-order valence-corrected chi connectivity index (χ1v) is 4.82. The lowest BCUT2D eigenvalue weighted by molar-refractivity contribution is -0.121. The Hall–Kier alpha value is -1.33. The highest BCUT2D eigenvalue weighted by Crippen LogP contribution is 2.20. The van der Waals surface area contributed by atoms with Crippen LogP contribution in [0, 0.1) is 5.92 Å². The van der Waals surface area contributed by atoms with E-state index in [1.54, 1.807) is 25.4 Å². The van der Waals surface area contributed by atoms with Crippen molar-refractivity contribution in [3.05, 3.63) is 18.3 Å². The molecule has 0 saturated carbocycles. The van der Waals surface area contributed by atoms with Gasteiger partial charge in [0.2, 0.25) is 5.91 Å². The Balaban J connectivity index is 0.00000128. The van der Waals surface area contributed by atoms with Gasteiger partial charge in [-0.1, -0.05) is 0 Å². The molecule has 1 aliphatic rings. The smallest absolute Gasteiger partial charge is 0.231 e. The lowest BCUT2D eigenvalue weighted by Gasteiger charge is -2.25. The topological polar surface area (TPSA) is 63.2 Å². The molecule has 0 aromatic carbocycles. The van der Waals surface area contributed by atoms with Crippen molar-refractivity contribution < 1.29 is 9.53 Å². The molecule has 1 saturated heterocycles. The number of hydrogen-bond donors (Lipinski definition) is 2. The fourth-order valence-corrected chi connectivity index (χ4v) is 1.34. The van der Waals surface area contributed by atoms with Crippen LogP contribution in [0.4, 0.5) is 5.82 Å². The molecule has 88 valence electrons. The normalized spacial score (nSPS) is 14.6. The molecule has 0 spiro atoms. The monoisotopic (exact) mass is 243 g/mol. The van der Waals surface area contributed by atoms with E-state index in [1.165, 1.54) is 0 Å². The predicted octanol–water partition coefficient (Wildman–Crippen LogP) is 0.670. The number of carbonyl (C=O) groups excluding carboxylic acids is 1. The van der Waals surface area contributed by atoms with Gasteiger partial charge >= 0.3 is 0 Å². The van der Waals surface area contributed by atoms with Gasteiger partial charge in [-0.2, -0.15) is 0 Å². The third-order valence-electron chi connectivity index (χ3n) is 2.38. The van der Waals surface area contributed by atoms with Gasteiger partial charge in [-0.05, 0) is 12.1 Å². The van der Waals surface area contributed by atoms with E-state index < -0.39 is 0 Å². The van der Waals surface area contributed by atoms with Crippen LogP contribution in [-0.4, -0.2) is 31.1 Å². The van der Waals surface area contributed by atoms with Gasteiger partial charge in [0, 0.05) is 19.3 Å². The molecule has 0 atom stereocenters.